The number of aliphatic imine (C=N–C) groups is 1. The number of benzene rings is 1. The zero-order valence-corrected chi connectivity index (χ0v) is 20.5. The zero-order valence-electron chi connectivity index (χ0n) is 18.9. The molecule has 0 unspecified atom stereocenters. The maximum atomic E-state index is 15.0. The molecule has 1 fully saturated rings. The first-order chi connectivity index (χ1) is 16.3. The van der Waals surface area contributed by atoms with Gasteiger partial charge < -0.3 is 15.5 Å². The Labute approximate surface area is 206 Å². The molecular formula is C23H24ClF2N5O3S. The van der Waals surface area contributed by atoms with Crippen molar-refractivity contribution in [2.24, 2.45) is 10.7 Å². The number of nitrogens with two attached hydrogens (primary N) is 1. The van der Waals surface area contributed by atoms with E-state index in [1.54, 1.807) is 29.7 Å². The predicted octanol–water partition coefficient (Wildman–Crippen LogP) is 4.89. The van der Waals surface area contributed by atoms with Crippen molar-refractivity contribution < 1.29 is 22.7 Å². The number of amidine groups is 1. The summed E-state index contributed by atoms with van der Waals surface area (Å²) in [6, 6.07) is 7.29. The molecule has 0 bridgehead atoms. The Morgan fingerprint density at radius 1 is 1.31 bits per heavy atom. The number of pyridine rings is 1. The molecule has 1 atom stereocenters. The molecule has 12 heteroatoms. The standard InChI is InChI=1S/C23H24ClF2N5O3S/c1-12-19(29-18-6-3-13(24)10-31(12)18)20(32)28-15-4-5-17(26)16(7-15)22(2)11-35(33,34)23(21(27)30-22)8-14(25)9-23/h3-7,10,14,33-34H,8-9,11H2,1-2H3,(H2,27,30)(H,28,32)/t14?,22-,23?/m0/s1. The molecule has 1 aliphatic heterocycles. The molecule has 5 N–H and O–H groups in total. The van der Waals surface area contributed by atoms with Crippen LogP contribution < -0.4 is 11.1 Å². The van der Waals surface area contributed by atoms with E-state index < -0.39 is 38.8 Å². The number of hydrogen-bond acceptors (Lipinski definition) is 6. The summed E-state index contributed by atoms with van der Waals surface area (Å²) >= 11 is 6.04. The first-order valence-corrected chi connectivity index (χ1v) is 13.0. The van der Waals surface area contributed by atoms with Crippen LogP contribution in [0, 0.1) is 12.7 Å². The summed E-state index contributed by atoms with van der Waals surface area (Å²) in [6.07, 6.45) is 0.219. The van der Waals surface area contributed by atoms with Gasteiger partial charge in [-0.3, -0.25) is 18.9 Å². The van der Waals surface area contributed by atoms with Gasteiger partial charge in [0.05, 0.1) is 16.5 Å². The molecule has 0 radical (unpaired) electrons. The van der Waals surface area contributed by atoms with Crippen LogP contribution in [0.3, 0.4) is 0 Å². The molecule has 2 aromatic heterocycles. The summed E-state index contributed by atoms with van der Waals surface area (Å²) in [5, 5.41) is 3.20. The lowest BCUT2D eigenvalue weighted by Crippen LogP contribution is -2.62. The highest BCUT2D eigenvalue weighted by Crippen LogP contribution is 2.67. The quantitative estimate of drug-likeness (QED) is 0.389. The highest BCUT2D eigenvalue weighted by Gasteiger charge is 2.61. The van der Waals surface area contributed by atoms with Crippen LogP contribution >= 0.6 is 22.2 Å². The van der Waals surface area contributed by atoms with Crippen LogP contribution in [0.4, 0.5) is 14.5 Å². The number of aromatic nitrogens is 2. The molecule has 3 aromatic rings. The number of imidazole rings is 1. The number of carbonyl (C=O) groups is 1. The first kappa shape index (κ1) is 24.0. The average molecular weight is 524 g/mol. The van der Waals surface area contributed by atoms with Crippen LogP contribution in [0.2, 0.25) is 5.02 Å². The average Bonchev–Trinajstić information content (AvgIpc) is 3.07. The second-order valence-electron chi connectivity index (χ2n) is 9.35. The Bertz CT molecular complexity index is 1410. The van der Waals surface area contributed by atoms with Crippen LogP contribution in [0.15, 0.2) is 41.5 Å². The fourth-order valence-electron chi connectivity index (χ4n) is 4.92. The van der Waals surface area contributed by atoms with Crippen LogP contribution in [0.1, 0.15) is 41.5 Å². The first-order valence-electron chi connectivity index (χ1n) is 10.9. The number of anilines is 1. The highest BCUT2D eigenvalue weighted by molar-refractivity contribution is 8.26. The van der Waals surface area contributed by atoms with E-state index in [2.05, 4.69) is 15.3 Å². The number of nitrogens with zero attached hydrogens (tertiary/aromatic N) is 3. The van der Waals surface area contributed by atoms with Gasteiger partial charge in [-0.25, -0.2) is 13.8 Å². The van der Waals surface area contributed by atoms with Gasteiger partial charge in [0.25, 0.3) is 5.91 Å². The minimum Gasteiger partial charge on any atom is -0.386 e. The minimum atomic E-state index is -3.42. The fraction of sp³-hybridized carbons (Fsp3) is 0.348. The Kier molecular flexibility index (Phi) is 5.41. The largest absolute Gasteiger partial charge is 0.386 e. The molecule has 1 aliphatic carbocycles. The number of hydrogen-bond donors (Lipinski definition) is 4. The van der Waals surface area contributed by atoms with E-state index in [1.165, 1.54) is 19.1 Å². The van der Waals surface area contributed by atoms with Crippen LogP contribution in [-0.4, -0.2) is 46.9 Å². The number of rotatable bonds is 3. The van der Waals surface area contributed by atoms with E-state index in [0.717, 1.165) is 6.07 Å². The molecule has 2 aliphatic rings. The van der Waals surface area contributed by atoms with Crippen molar-refractivity contribution in [2.45, 2.75) is 43.1 Å². The third kappa shape index (κ3) is 3.68. The SMILES string of the molecule is Cc1c(C(=O)Nc2ccc(F)c([C@]3(C)CS(O)(O)C4(CC(F)C4)C(N)=N3)c2)nc2ccc(Cl)cn12. The van der Waals surface area contributed by atoms with Crippen LogP contribution in [0.25, 0.3) is 5.65 Å². The number of fused-ring (bicyclic) bond motifs is 1. The number of carbonyl (C=O) groups excluding carboxylic acids is 1. The number of alkyl halides is 1. The summed E-state index contributed by atoms with van der Waals surface area (Å²) in [5.41, 5.74) is 6.27. The maximum Gasteiger partial charge on any atom is 0.276 e. The van der Waals surface area contributed by atoms with Crippen molar-refractivity contribution in [3.8, 4) is 0 Å². The molecule has 1 saturated carbocycles. The van der Waals surface area contributed by atoms with Gasteiger partial charge in [0.1, 0.15) is 39.5 Å². The monoisotopic (exact) mass is 523 g/mol. The van der Waals surface area contributed by atoms with Crippen molar-refractivity contribution in [3.05, 3.63) is 64.3 Å². The third-order valence-corrected chi connectivity index (χ3v) is 9.87. The molecule has 1 aromatic carbocycles. The van der Waals surface area contributed by atoms with Crippen molar-refractivity contribution in [3.63, 3.8) is 0 Å². The van der Waals surface area contributed by atoms with E-state index in [0.29, 0.717) is 16.4 Å². The Morgan fingerprint density at radius 2 is 2.03 bits per heavy atom. The molecule has 0 saturated heterocycles. The van der Waals surface area contributed by atoms with E-state index in [1.807, 2.05) is 0 Å². The van der Waals surface area contributed by atoms with Crippen molar-refractivity contribution in [1.82, 2.24) is 9.38 Å². The number of amides is 1. The lowest BCUT2D eigenvalue weighted by Gasteiger charge is -2.60. The molecule has 35 heavy (non-hydrogen) atoms. The minimum absolute atomic E-state index is 0.0303. The molecule has 3 heterocycles. The Morgan fingerprint density at radius 3 is 2.69 bits per heavy atom. The summed E-state index contributed by atoms with van der Waals surface area (Å²) < 4.78 is 50.8. The van der Waals surface area contributed by atoms with Gasteiger partial charge in [0, 0.05) is 30.3 Å². The van der Waals surface area contributed by atoms with Gasteiger partial charge in [-0.05, 0) is 44.2 Å². The van der Waals surface area contributed by atoms with Crippen LogP contribution in [-0.2, 0) is 5.54 Å². The van der Waals surface area contributed by atoms with Crippen molar-refractivity contribution >= 4 is 45.3 Å². The number of nitrogens with one attached hydrogen (secondary N) is 1. The lowest BCUT2D eigenvalue weighted by atomic mass is 9.80. The van der Waals surface area contributed by atoms with Crippen molar-refractivity contribution in [1.29, 1.82) is 0 Å². The smallest absolute Gasteiger partial charge is 0.276 e. The second-order valence-corrected chi connectivity index (χ2v) is 12.2. The zero-order chi connectivity index (χ0) is 25.3. The third-order valence-electron chi connectivity index (χ3n) is 6.89. The van der Waals surface area contributed by atoms with Crippen LogP contribution in [0.5, 0.6) is 0 Å². The summed E-state index contributed by atoms with van der Waals surface area (Å²) in [7, 11) is -3.42. The molecule has 1 spiro atoms. The summed E-state index contributed by atoms with van der Waals surface area (Å²) in [4.78, 5) is 21.8. The van der Waals surface area contributed by atoms with Gasteiger partial charge in [-0.2, -0.15) is 10.6 Å². The van der Waals surface area contributed by atoms with Gasteiger partial charge in [-0.1, -0.05) is 11.6 Å². The Balaban J connectivity index is 1.47. The summed E-state index contributed by atoms with van der Waals surface area (Å²) in [5.74, 6) is -1.56. The van der Waals surface area contributed by atoms with Gasteiger partial charge in [-0.15, -0.1) is 0 Å². The van der Waals surface area contributed by atoms with E-state index in [-0.39, 0.29) is 41.4 Å². The molecule has 8 nitrogen and oxygen atoms in total. The highest BCUT2D eigenvalue weighted by atomic mass is 35.5. The molecule has 1 amide bonds. The molecular weight excluding hydrogens is 500 g/mol. The second kappa shape index (κ2) is 7.89. The fourth-order valence-corrected chi connectivity index (χ4v) is 7.64. The Hall–Kier alpha value is -2.73. The van der Waals surface area contributed by atoms with E-state index >= 15 is 0 Å². The number of halogens is 3. The van der Waals surface area contributed by atoms with Gasteiger partial charge in [0.2, 0.25) is 0 Å². The number of aryl methyl sites for hydroxylation is 1. The molecule has 186 valence electrons. The van der Waals surface area contributed by atoms with Gasteiger partial charge >= 0.3 is 0 Å². The topological polar surface area (TPSA) is 125 Å². The predicted molar refractivity (Wildman–Crippen MR) is 133 cm³/mol. The van der Waals surface area contributed by atoms with Gasteiger partial charge in [0.15, 0.2) is 0 Å². The van der Waals surface area contributed by atoms with Crippen molar-refractivity contribution in [2.75, 3.05) is 11.1 Å². The normalized spacial score (nSPS) is 28.4. The summed E-state index contributed by atoms with van der Waals surface area (Å²) in [6.45, 7) is 3.26. The van der Waals surface area contributed by atoms with E-state index in [4.69, 9.17) is 17.3 Å². The van der Waals surface area contributed by atoms with E-state index in [9.17, 15) is 22.7 Å². The maximum absolute atomic E-state index is 15.0. The molecule has 5 rings (SSSR count). The lowest BCUT2D eigenvalue weighted by molar-refractivity contribution is 0.102.